The van der Waals surface area contributed by atoms with Crippen LogP contribution in [0.3, 0.4) is 0 Å². The van der Waals surface area contributed by atoms with Gasteiger partial charge in [0, 0.05) is 0 Å². The maximum atomic E-state index is 11.6. The van der Waals surface area contributed by atoms with E-state index < -0.39 is 0 Å². The molecule has 0 N–H and O–H groups in total. The summed E-state index contributed by atoms with van der Waals surface area (Å²) in [6, 6.07) is 9.72. The van der Waals surface area contributed by atoms with Crippen LogP contribution in [0.1, 0.15) is 46.6 Å². The van der Waals surface area contributed by atoms with Gasteiger partial charge in [-0.05, 0) is 25.8 Å². The number of hydrogen-bond donors (Lipinski definition) is 0. The van der Waals surface area contributed by atoms with Crippen molar-refractivity contribution in [3.8, 4) is 0 Å². The lowest BCUT2D eigenvalue weighted by atomic mass is 9.91. The van der Waals surface area contributed by atoms with Gasteiger partial charge in [-0.1, -0.05) is 51.1 Å². The van der Waals surface area contributed by atoms with Crippen LogP contribution in [0.2, 0.25) is 0 Å². The Balaban J connectivity index is 0.00000121. The quantitative estimate of drug-likeness (QED) is 0.733. The summed E-state index contributed by atoms with van der Waals surface area (Å²) >= 11 is 0. The molecule has 0 bridgehead atoms. The SMILES string of the molecule is CC.CCC(C)(C)C(=O)OCc1ccccc1. The maximum Gasteiger partial charge on any atom is 0.311 e. The summed E-state index contributed by atoms with van der Waals surface area (Å²) in [6.07, 6.45) is 0.792. The number of carbonyl (C=O) groups is 1. The molecule has 0 saturated heterocycles. The van der Waals surface area contributed by atoms with Gasteiger partial charge in [-0.25, -0.2) is 0 Å². The number of carbonyl (C=O) groups excluding carboxylic acids is 1. The fraction of sp³-hybridized carbons (Fsp3) is 0.533. The van der Waals surface area contributed by atoms with Crippen molar-refractivity contribution < 1.29 is 9.53 Å². The van der Waals surface area contributed by atoms with Crippen LogP contribution in [0.15, 0.2) is 30.3 Å². The van der Waals surface area contributed by atoms with Crippen LogP contribution in [0, 0.1) is 5.41 Å². The lowest BCUT2D eigenvalue weighted by Crippen LogP contribution is -2.25. The average Bonchev–Trinajstić information content (AvgIpc) is 2.39. The van der Waals surface area contributed by atoms with Gasteiger partial charge in [0.15, 0.2) is 0 Å². The summed E-state index contributed by atoms with van der Waals surface area (Å²) in [6.45, 7) is 10.2. The largest absolute Gasteiger partial charge is 0.460 e. The average molecular weight is 236 g/mol. The van der Waals surface area contributed by atoms with E-state index >= 15 is 0 Å². The summed E-state index contributed by atoms with van der Waals surface area (Å²) in [4.78, 5) is 11.6. The molecule has 0 spiro atoms. The number of benzene rings is 1. The van der Waals surface area contributed by atoms with E-state index in [-0.39, 0.29) is 11.4 Å². The molecule has 2 heteroatoms. The Labute approximate surface area is 105 Å². The molecule has 0 aliphatic rings. The number of hydrogen-bond acceptors (Lipinski definition) is 2. The van der Waals surface area contributed by atoms with E-state index in [9.17, 15) is 4.79 Å². The zero-order valence-electron chi connectivity index (χ0n) is 11.6. The van der Waals surface area contributed by atoms with E-state index in [1.807, 2.05) is 65.0 Å². The third-order valence-corrected chi connectivity index (χ3v) is 2.65. The standard InChI is InChI=1S/C13H18O2.C2H6/c1-4-13(2,3)12(14)15-10-11-8-6-5-7-9-11;1-2/h5-9H,4,10H2,1-3H3;1-2H3. The Morgan fingerprint density at radius 2 is 1.71 bits per heavy atom. The minimum atomic E-state index is -0.380. The van der Waals surface area contributed by atoms with Crippen molar-refractivity contribution in [2.75, 3.05) is 0 Å². The van der Waals surface area contributed by atoms with E-state index in [1.165, 1.54) is 0 Å². The second-order valence-corrected chi connectivity index (χ2v) is 4.30. The van der Waals surface area contributed by atoms with E-state index in [1.54, 1.807) is 0 Å². The predicted molar refractivity (Wildman–Crippen MR) is 71.7 cm³/mol. The molecule has 0 atom stereocenters. The van der Waals surface area contributed by atoms with Crippen LogP contribution >= 0.6 is 0 Å². The highest BCUT2D eigenvalue weighted by molar-refractivity contribution is 5.75. The summed E-state index contributed by atoms with van der Waals surface area (Å²) in [5, 5.41) is 0. The monoisotopic (exact) mass is 236 g/mol. The first-order valence-corrected chi connectivity index (χ1v) is 6.27. The first-order valence-electron chi connectivity index (χ1n) is 6.27. The fourth-order valence-corrected chi connectivity index (χ4v) is 1.06. The van der Waals surface area contributed by atoms with Crippen molar-refractivity contribution in [1.29, 1.82) is 0 Å². The molecule has 0 amide bonds. The van der Waals surface area contributed by atoms with Gasteiger partial charge in [-0.2, -0.15) is 0 Å². The Morgan fingerprint density at radius 3 is 2.18 bits per heavy atom. The van der Waals surface area contributed by atoms with Crippen LogP contribution in [-0.2, 0) is 16.1 Å². The third-order valence-electron chi connectivity index (χ3n) is 2.65. The second kappa shape index (κ2) is 7.88. The molecule has 0 aliphatic heterocycles. The molecule has 0 heterocycles. The lowest BCUT2D eigenvalue weighted by Gasteiger charge is -2.20. The van der Waals surface area contributed by atoms with Crippen molar-refractivity contribution in [2.45, 2.75) is 47.6 Å². The molecule has 1 aromatic carbocycles. The Hall–Kier alpha value is -1.31. The fourth-order valence-electron chi connectivity index (χ4n) is 1.06. The number of esters is 1. The molecule has 0 aromatic heterocycles. The summed E-state index contributed by atoms with van der Waals surface area (Å²) in [7, 11) is 0. The van der Waals surface area contributed by atoms with Gasteiger partial charge in [0.05, 0.1) is 5.41 Å². The molecule has 96 valence electrons. The summed E-state index contributed by atoms with van der Waals surface area (Å²) < 4.78 is 5.24. The zero-order valence-corrected chi connectivity index (χ0v) is 11.6. The van der Waals surface area contributed by atoms with Gasteiger partial charge >= 0.3 is 5.97 Å². The highest BCUT2D eigenvalue weighted by atomic mass is 16.5. The highest BCUT2D eigenvalue weighted by Crippen LogP contribution is 2.22. The lowest BCUT2D eigenvalue weighted by molar-refractivity contribution is -0.155. The smallest absolute Gasteiger partial charge is 0.311 e. The minimum absolute atomic E-state index is 0.131. The van der Waals surface area contributed by atoms with Crippen molar-refractivity contribution in [1.82, 2.24) is 0 Å². The molecule has 0 fully saturated rings. The van der Waals surface area contributed by atoms with E-state index in [2.05, 4.69) is 0 Å². The first kappa shape index (κ1) is 15.7. The molecular formula is C15H24O2. The van der Waals surface area contributed by atoms with Crippen molar-refractivity contribution in [2.24, 2.45) is 5.41 Å². The first-order chi connectivity index (χ1) is 8.06. The van der Waals surface area contributed by atoms with Crippen LogP contribution in [0.4, 0.5) is 0 Å². The molecule has 0 saturated carbocycles. The molecular weight excluding hydrogens is 212 g/mol. The number of ether oxygens (including phenoxy) is 1. The molecule has 1 rings (SSSR count). The number of rotatable bonds is 4. The van der Waals surface area contributed by atoms with Gasteiger partial charge in [0.25, 0.3) is 0 Å². The Kier molecular flexibility index (Phi) is 7.27. The van der Waals surface area contributed by atoms with Crippen LogP contribution in [-0.4, -0.2) is 5.97 Å². The summed E-state index contributed by atoms with van der Waals surface area (Å²) in [5.41, 5.74) is 0.646. The predicted octanol–water partition coefficient (Wildman–Crippen LogP) is 4.19. The van der Waals surface area contributed by atoms with Gasteiger partial charge in [-0.15, -0.1) is 0 Å². The molecule has 1 aromatic rings. The third kappa shape index (κ3) is 5.53. The molecule has 0 radical (unpaired) electrons. The van der Waals surface area contributed by atoms with E-state index in [0.29, 0.717) is 6.61 Å². The van der Waals surface area contributed by atoms with Crippen molar-refractivity contribution in [3.05, 3.63) is 35.9 Å². The molecule has 0 unspecified atom stereocenters. The Morgan fingerprint density at radius 1 is 1.18 bits per heavy atom. The van der Waals surface area contributed by atoms with Crippen LogP contribution in [0.25, 0.3) is 0 Å². The molecule has 0 aliphatic carbocycles. The highest BCUT2D eigenvalue weighted by Gasteiger charge is 2.26. The maximum absolute atomic E-state index is 11.6. The topological polar surface area (TPSA) is 26.3 Å². The Bertz CT molecular complexity index is 315. The van der Waals surface area contributed by atoms with Crippen molar-refractivity contribution in [3.63, 3.8) is 0 Å². The van der Waals surface area contributed by atoms with Gasteiger partial charge in [0.2, 0.25) is 0 Å². The molecule has 2 nitrogen and oxygen atoms in total. The van der Waals surface area contributed by atoms with E-state index in [4.69, 9.17) is 4.74 Å². The van der Waals surface area contributed by atoms with Gasteiger partial charge in [0.1, 0.15) is 6.61 Å². The normalized spacial score (nSPS) is 10.2. The minimum Gasteiger partial charge on any atom is -0.460 e. The van der Waals surface area contributed by atoms with E-state index in [0.717, 1.165) is 12.0 Å². The zero-order chi connectivity index (χ0) is 13.3. The van der Waals surface area contributed by atoms with Gasteiger partial charge < -0.3 is 4.74 Å². The van der Waals surface area contributed by atoms with Crippen LogP contribution < -0.4 is 0 Å². The molecule has 17 heavy (non-hydrogen) atoms. The summed E-state index contributed by atoms with van der Waals surface area (Å²) in [5.74, 6) is -0.131. The van der Waals surface area contributed by atoms with Crippen LogP contribution in [0.5, 0.6) is 0 Å². The van der Waals surface area contributed by atoms with Gasteiger partial charge in [-0.3, -0.25) is 4.79 Å². The second-order valence-electron chi connectivity index (χ2n) is 4.30. The van der Waals surface area contributed by atoms with Crippen molar-refractivity contribution >= 4 is 5.97 Å².